The molecule has 0 fully saturated rings. The second-order valence-corrected chi connectivity index (χ2v) is 4.40. The second-order valence-electron chi connectivity index (χ2n) is 4.40. The minimum absolute atomic E-state index is 0.172. The Hall–Kier alpha value is -3.16. The van der Waals surface area contributed by atoms with Crippen LogP contribution in [0.4, 0.5) is 5.69 Å². The molecular weight excluding hydrogens is 274 g/mol. The molecule has 0 aliphatic heterocycles. The fraction of sp³-hybridized carbons (Fsp3) is 0.0769. The van der Waals surface area contributed by atoms with Crippen LogP contribution < -0.4 is 16.2 Å². The van der Waals surface area contributed by atoms with Gasteiger partial charge in [-0.2, -0.15) is 5.10 Å². The average molecular weight is 285 g/mol. The third-order valence-electron chi connectivity index (χ3n) is 2.88. The zero-order chi connectivity index (χ0) is 15.0. The lowest BCUT2D eigenvalue weighted by Gasteiger charge is -2.09. The number of benzene rings is 1. The molecular formula is C13H11N5O3. The third-order valence-corrected chi connectivity index (χ3v) is 2.88. The maximum Gasteiger partial charge on any atom is 0.348 e. The molecule has 0 atom stereocenters. The number of nitrogen functional groups attached to an aromatic ring is 1. The van der Waals surface area contributed by atoms with Crippen molar-refractivity contribution >= 4 is 17.1 Å². The Morgan fingerprint density at radius 3 is 2.95 bits per heavy atom. The van der Waals surface area contributed by atoms with Crippen molar-refractivity contribution in [1.82, 2.24) is 19.6 Å². The number of ketones is 1. The molecule has 0 spiro atoms. The van der Waals surface area contributed by atoms with Crippen molar-refractivity contribution in [3.05, 3.63) is 46.6 Å². The fourth-order valence-corrected chi connectivity index (χ4v) is 1.87. The zero-order valence-corrected chi connectivity index (χ0v) is 11.0. The van der Waals surface area contributed by atoms with Gasteiger partial charge in [0.05, 0.1) is 5.56 Å². The summed E-state index contributed by atoms with van der Waals surface area (Å²) in [4.78, 5) is 26.9. The molecule has 0 aliphatic carbocycles. The van der Waals surface area contributed by atoms with Crippen LogP contribution in [0.3, 0.4) is 0 Å². The Morgan fingerprint density at radius 2 is 2.19 bits per heavy atom. The van der Waals surface area contributed by atoms with Crippen LogP contribution in [0.1, 0.15) is 17.3 Å². The molecule has 0 bridgehead atoms. The first kappa shape index (κ1) is 12.9. The van der Waals surface area contributed by atoms with Gasteiger partial charge in [0.2, 0.25) is 5.88 Å². The monoisotopic (exact) mass is 285 g/mol. The first-order valence-corrected chi connectivity index (χ1v) is 6.05. The van der Waals surface area contributed by atoms with Crippen LogP contribution in [-0.2, 0) is 0 Å². The van der Waals surface area contributed by atoms with E-state index in [0.717, 1.165) is 0 Å². The van der Waals surface area contributed by atoms with Gasteiger partial charge >= 0.3 is 5.69 Å². The van der Waals surface area contributed by atoms with Gasteiger partial charge in [-0.05, 0) is 25.1 Å². The number of nitrogens with one attached hydrogen (secondary N) is 1. The van der Waals surface area contributed by atoms with Crippen LogP contribution in [0.2, 0.25) is 0 Å². The van der Waals surface area contributed by atoms with Gasteiger partial charge in [-0.25, -0.2) is 19.3 Å². The molecule has 0 amide bonds. The number of Topliss-reactive ketones (excluding diaryl/α,β-unsaturated/α-hetero) is 1. The number of nitrogens with zero attached hydrogens (tertiary/aromatic N) is 3. The molecule has 0 unspecified atom stereocenters. The van der Waals surface area contributed by atoms with E-state index in [9.17, 15) is 9.59 Å². The smallest absolute Gasteiger partial charge is 0.348 e. The van der Waals surface area contributed by atoms with Crippen molar-refractivity contribution < 1.29 is 9.53 Å². The molecule has 106 valence electrons. The van der Waals surface area contributed by atoms with Crippen LogP contribution in [0, 0.1) is 0 Å². The van der Waals surface area contributed by atoms with Crippen LogP contribution in [0.25, 0.3) is 5.65 Å². The van der Waals surface area contributed by atoms with E-state index in [-0.39, 0.29) is 17.4 Å². The fourth-order valence-electron chi connectivity index (χ4n) is 1.87. The quantitative estimate of drug-likeness (QED) is 0.547. The van der Waals surface area contributed by atoms with Crippen LogP contribution in [0.5, 0.6) is 11.6 Å². The first-order valence-electron chi connectivity index (χ1n) is 6.05. The van der Waals surface area contributed by atoms with Gasteiger partial charge in [-0.3, -0.25) is 4.79 Å². The number of fused-ring (bicyclic) bond motifs is 1. The van der Waals surface area contributed by atoms with E-state index in [4.69, 9.17) is 10.5 Å². The molecule has 3 rings (SSSR count). The normalized spacial score (nSPS) is 10.7. The second kappa shape index (κ2) is 4.75. The topological polar surface area (TPSA) is 115 Å². The number of hydrogen-bond acceptors (Lipinski definition) is 6. The number of aromatic amines is 1. The van der Waals surface area contributed by atoms with Gasteiger partial charge in [-0.15, -0.1) is 0 Å². The summed E-state index contributed by atoms with van der Waals surface area (Å²) in [5, 5.41) is 6.11. The molecule has 2 heterocycles. The summed E-state index contributed by atoms with van der Waals surface area (Å²) in [6.07, 6.45) is 1.29. The Balaban J connectivity index is 2.02. The molecule has 3 aromatic rings. The lowest BCUT2D eigenvalue weighted by atomic mass is 10.1. The number of nitrogens with two attached hydrogens (primary N) is 1. The maximum atomic E-state index is 11.6. The largest absolute Gasteiger partial charge is 0.438 e. The van der Waals surface area contributed by atoms with E-state index in [1.165, 1.54) is 29.8 Å². The molecule has 0 saturated heterocycles. The highest BCUT2D eigenvalue weighted by atomic mass is 16.5. The standard InChI is InChI=1S/C13H11N5O3/c1-7(19)9-4-8(14)2-3-10(9)21-12-5-11-16-17-13(20)18(11)6-15-12/h2-6H,14H2,1H3,(H,17,20). The Kier molecular flexibility index (Phi) is 2.90. The molecule has 8 nitrogen and oxygen atoms in total. The minimum atomic E-state index is -0.388. The number of carbonyl (C=O) groups excluding carboxylic acids is 1. The minimum Gasteiger partial charge on any atom is -0.438 e. The number of H-pyrrole nitrogens is 1. The molecule has 0 aliphatic rings. The average Bonchev–Trinajstić information content (AvgIpc) is 2.82. The van der Waals surface area contributed by atoms with Crippen molar-refractivity contribution in [2.45, 2.75) is 6.92 Å². The highest BCUT2D eigenvalue weighted by Crippen LogP contribution is 2.26. The predicted octanol–water partition coefficient (Wildman–Crippen LogP) is 0.995. The SMILES string of the molecule is CC(=O)c1cc(N)ccc1Oc1cc2n[nH]c(=O)n2cn1. The van der Waals surface area contributed by atoms with E-state index in [1.54, 1.807) is 12.1 Å². The van der Waals surface area contributed by atoms with Crippen molar-refractivity contribution in [1.29, 1.82) is 0 Å². The van der Waals surface area contributed by atoms with Crippen molar-refractivity contribution in [2.24, 2.45) is 0 Å². The summed E-state index contributed by atoms with van der Waals surface area (Å²) in [6.45, 7) is 1.42. The Morgan fingerprint density at radius 1 is 1.38 bits per heavy atom. The molecule has 0 radical (unpaired) electrons. The predicted molar refractivity (Wildman–Crippen MR) is 74.5 cm³/mol. The molecule has 0 saturated carbocycles. The van der Waals surface area contributed by atoms with E-state index in [1.807, 2.05) is 0 Å². The van der Waals surface area contributed by atoms with E-state index in [0.29, 0.717) is 22.6 Å². The molecule has 8 heteroatoms. The van der Waals surface area contributed by atoms with Gasteiger partial charge in [-0.1, -0.05) is 0 Å². The van der Waals surface area contributed by atoms with Crippen LogP contribution >= 0.6 is 0 Å². The Bertz CT molecular complexity index is 896. The van der Waals surface area contributed by atoms with E-state index >= 15 is 0 Å². The highest BCUT2D eigenvalue weighted by molar-refractivity contribution is 5.97. The van der Waals surface area contributed by atoms with Gasteiger partial charge in [0.25, 0.3) is 0 Å². The van der Waals surface area contributed by atoms with Crippen LogP contribution in [-0.4, -0.2) is 25.4 Å². The first-order chi connectivity index (χ1) is 10.0. The number of ether oxygens (including phenoxy) is 1. The number of aromatic nitrogens is 4. The number of anilines is 1. The number of rotatable bonds is 3. The lowest BCUT2D eigenvalue weighted by molar-refractivity contribution is 0.101. The van der Waals surface area contributed by atoms with Gasteiger partial charge in [0.15, 0.2) is 11.4 Å². The molecule has 3 N–H and O–H groups in total. The van der Waals surface area contributed by atoms with Crippen molar-refractivity contribution in [3.63, 3.8) is 0 Å². The lowest BCUT2D eigenvalue weighted by Crippen LogP contribution is -2.09. The summed E-state index contributed by atoms with van der Waals surface area (Å²) in [5.41, 5.74) is 6.46. The summed E-state index contributed by atoms with van der Waals surface area (Å²) in [5.74, 6) is 0.384. The third kappa shape index (κ3) is 2.34. The Labute approximate surface area is 118 Å². The van der Waals surface area contributed by atoms with Crippen molar-refractivity contribution in [2.75, 3.05) is 5.73 Å². The van der Waals surface area contributed by atoms with Gasteiger partial charge in [0, 0.05) is 11.8 Å². The molecule has 21 heavy (non-hydrogen) atoms. The van der Waals surface area contributed by atoms with E-state index in [2.05, 4.69) is 15.2 Å². The van der Waals surface area contributed by atoms with Gasteiger partial charge in [0.1, 0.15) is 12.1 Å². The maximum absolute atomic E-state index is 11.6. The van der Waals surface area contributed by atoms with E-state index < -0.39 is 0 Å². The number of hydrogen-bond donors (Lipinski definition) is 2. The molecule has 1 aromatic carbocycles. The summed E-state index contributed by atoms with van der Waals surface area (Å²) < 4.78 is 6.82. The number of carbonyl (C=O) groups is 1. The highest BCUT2D eigenvalue weighted by Gasteiger charge is 2.11. The summed E-state index contributed by atoms with van der Waals surface area (Å²) in [7, 11) is 0. The summed E-state index contributed by atoms with van der Waals surface area (Å²) in [6, 6.07) is 6.24. The van der Waals surface area contributed by atoms with Crippen LogP contribution in [0.15, 0.2) is 35.4 Å². The molecule has 2 aromatic heterocycles. The summed E-state index contributed by atoms with van der Waals surface area (Å²) >= 11 is 0. The van der Waals surface area contributed by atoms with Crippen molar-refractivity contribution in [3.8, 4) is 11.6 Å². The van der Waals surface area contributed by atoms with Gasteiger partial charge < -0.3 is 10.5 Å². The zero-order valence-electron chi connectivity index (χ0n) is 11.0.